The van der Waals surface area contributed by atoms with Crippen LogP contribution in [0.3, 0.4) is 0 Å². The molecule has 1 aliphatic rings. The molecule has 1 saturated carbocycles. The highest BCUT2D eigenvalue weighted by Gasteiger charge is 2.28. The molecule has 0 atom stereocenters. The van der Waals surface area contributed by atoms with Gasteiger partial charge in [-0.2, -0.15) is 5.10 Å². The highest BCUT2D eigenvalue weighted by Crippen LogP contribution is 2.40. The van der Waals surface area contributed by atoms with Crippen molar-refractivity contribution in [1.29, 1.82) is 0 Å². The third-order valence-corrected chi connectivity index (χ3v) is 5.18. The second-order valence-electron chi connectivity index (χ2n) is 7.65. The number of rotatable bonds is 4. The summed E-state index contributed by atoms with van der Waals surface area (Å²) in [5.41, 5.74) is 4.06. The van der Waals surface area contributed by atoms with Gasteiger partial charge in [-0.05, 0) is 57.0 Å². The van der Waals surface area contributed by atoms with Crippen molar-refractivity contribution in [1.82, 2.24) is 19.7 Å². The molecule has 6 heteroatoms. The number of hydrogen-bond donors (Lipinski definition) is 1. The number of anilines is 1. The first-order valence-electron chi connectivity index (χ1n) is 9.64. The van der Waals surface area contributed by atoms with Gasteiger partial charge in [0.25, 0.3) is 5.91 Å². The summed E-state index contributed by atoms with van der Waals surface area (Å²) < 4.78 is 1.89. The van der Waals surface area contributed by atoms with Crippen LogP contribution in [-0.2, 0) is 0 Å². The Hall–Kier alpha value is -3.28. The minimum atomic E-state index is -0.138. The maximum Gasteiger partial charge on any atom is 0.256 e. The lowest BCUT2D eigenvalue weighted by Crippen LogP contribution is -2.14. The van der Waals surface area contributed by atoms with Crippen LogP contribution in [0.1, 0.15) is 54.7 Å². The van der Waals surface area contributed by atoms with Crippen molar-refractivity contribution < 1.29 is 4.79 Å². The Labute approximate surface area is 162 Å². The van der Waals surface area contributed by atoms with E-state index in [1.54, 1.807) is 12.4 Å². The molecule has 1 amide bonds. The van der Waals surface area contributed by atoms with Crippen LogP contribution in [0, 0.1) is 0 Å². The molecule has 1 fully saturated rings. The fourth-order valence-electron chi connectivity index (χ4n) is 3.54. The molecule has 3 aromatic heterocycles. The van der Waals surface area contributed by atoms with E-state index in [1.807, 2.05) is 41.1 Å². The topological polar surface area (TPSA) is 72.7 Å². The average molecular weight is 371 g/mol. The molecule has 5 rings (SSSR count). The number of carbonyl (C=O) groups is 1. The molecular weight excluding hydrogens is 350 g/mol. The molecule has 28 heavy (non-hydrogen) atoms. The number of aromatic nitrogens is 4. The lowest BCUT2D eigenvalue weighted by molar-refractivity contribution is 0.102. The molecule has 4 aromatic rings. The van der Waals surface area contributed by atoms with Gasteiger partial charge in [0.05, 0.1) is 22.7 Å². The first-order valence-corrected chi connectivity index (χ1v) is 9.64. The van der Waals surface area contributed by atoms with E-state index in [-0.39, 0.29) is 11.9 Å². The Bertz CT molecular complexity index is 1210. The fraction of sp³-hybridized carbons (Fsp3) is 0.273. The van der Waals surface area contributed by atoms with Crippen molar-refractivity contribution in [3.05, 3.63) is 60.0 Å². The van der Waals surface area contributed by atoms with Gasteiger partial charge in [-0.15, -0.1) is 0 Å². The van der Waals surface area contributed by atoms with E-state index < -0.39 is 0 Å². The van der Waals surface area contributed by atoms with Crippen LogP contribution in [0.5, 0.6) is 0 Å². The second kappa shape index (κ2) is 6.41. The lowest BCUT2D eigenvalue weighted by atomic mass is 10.1. The number of hydrogen-bond acceptors (Lipinski definition) is 4. The van der Waals surface area contributed by atoms with Crippen LogP contribution >= 0.6 is 0 Å². The van der Waals surface area contributed by atoms with Gasteiger partial charge in [0.1, 0.15) is 0 Å². The van der Waals surface area contributed by atoms with E-state index in [4.69, 9.17) is 4.98 Å². The average Bonchev–Trinajstić information content (AvgIpc) is 3.45. The minimum Gasteiger partial charge on any atom is -0.322 e. The fourth-order valence-corrected chi connectivity index (χ4v) is 3.54. The van der Waals surface area contributed by atoms with Crippen LogP contribution in [0.25, 0.3) is 21.9 Å². The van der Waals surface area contributed by atoms with Crippen molar-refractivity contribution in [2.45, 2.75) is 38.6 Å². The molecule has 140 valence electrons. The van der Waals surface area contributed by atoms with Gasteiger partial charge in [-0.3, -0.25) is 9.78 Å². The summed E-state index contributed by atoms with van der Waals surface area (Å²) in [5, 5.41) is 9.29. The number of nitrogens with one attached hydrogen (secondary N) is 1. The van der Waals surface area contributed by atoms with Crippen LogP contribution in [-0.4, -0.2) is 25.7 Å². The van der Waals surface area contributed by atoms with E-state index in [2.05, 4.69) is 29.2 Å². The Balaban J connectivity index is 1.56. The van der Waals surface area contributed by atoms with Gasteiger partial charge >= 0.3 is 0 Å². The normalized spacial score (nSPS) is 14.1. The molecule has 0 saturated heterocycles. The lowest BCUT2D eigenvalue weighted by Gasteiger charge is -2.11. The highest BCUT2D eigenvalue weighted by atomic mass is 16.1. The Kier molecular flexibility index (Phi) is 3.86. The molecule has 0 spiro atoms. The summed E-state index contributed by atoms with van der Waals surface area (Å²) in [6.45, 7) is 4.14. The van der Waals surface area contributed by atoms with Crippen LogP contribution in [0.4, 0.5) is 5.69 Å². The largest absolute Gasteiger partial charge is 0.322 e. The van der Waals surface area contributed by atoms with Crippen molar-refractivity contribution in [2.24, 2.45) is 0 Å². The molecule has 0 unspecified atom stereocenters. The molecule has 0 bridgehead atoms. The van der Waals surface area contributed by atoms with Crippen molar-refractivity contribution in [3.63, 3.8) is 0 Å². The van der Waals surface area contributed by atoms with Gasteiger partial charge in [-0.25, -0.2) is 9.67 Å². The summed E-state index contributed by atoms with van der Waals surface area (Å²) >= 11 is 0. The van der Waals surface area contributed by atoms with Gasteiger partial charge in [0.15, 0.2) is 5.65 Å². The summed E-state index contributed by atoms with van der Waals surface area (Å²) in [7, 11) is 0. The summed E-state index contributed by atoms with van der Waals surface area (Å²) in [6, 6.07) is 11.7. The number of nitrogens with zero attached hydrogens (tertiary/aromatic N) is 4. The number of carbonyl (C=O) groups excluding carboxylic acids is 1. The predicted molar refractivity (Wildman–Crippen MR) is 110 cm³/mol. The molecule has 3 heterocycles. The van der Waals surface area contributed by atoms with Crippen LogP contribution in [0.15, 0.2) is 48.8 Å². The van der Waals surface area contributed by atoms with E-state index in [9.17, 15) is 4.79 Å². The zero-order valence-electron chi connectivity index (χ0n) is 15.9. The van der Waals surface area contributed by atoms with Gasteiger partial charge < -0.3 is 5.32 Å². The number of fused-ring (bicyclic) bond motifs is 2. The zero-order valence-corrected chi connectivity index (χ0v) is 15.9. The maximum atomic E-state index is 13.1. The Morgan fingerprint density at radius 1 is 1.21 bits per heavy atom. The first-order chi connectivity index (χ1) is 13.6. The van der Waals surface area contributed by atoms with E-state index >= 15 is 0 Å². The minimum absolute atomic E-state index is 0.138. The van der Waals surface area contributed by atoms with E-state index in [1.165, 1.54) is 0 Å². The van der Waals surface area contributed by atoms with Gasteiger partial charge in [0.2, 0.25) is 0 Å². The molecule has 0 radical (unpaired) electrons. The Morgan fingerprint density at radius 2 is 2.07 bits per heavy atom. The zero-order chi connectivity index (χ0) is 19.3. The standard InChI is InChI=1S/C22H21N5O/c1-13(2)27-21-18(12-24-27)17(11-20(26-21)14-5-6-14)22(28)25-16-7-8-19-15(10-16)4-3-9-23-19/h3-4,7-14H,5-6H2,1-2H3,(H,25,28). The smallest absolute Gasteiger partial charge is 0.256 e. The predicted octanol–water partition coefficient (Wildman–Crippen LogP) is 4.69. The van der Waals surface area contributed by atoms with Crippen molar-refractivity contribution >= 4 is 33.5 Å². The second-order valence-corrected chi connectivity index (χ2v) is 7.65. The molecule has 0 aliphatic heterocycles. The molecule has 6 nitrogen and oxygen atoms in total. The number of amides is 1. The van der Waals surface area contributed by atoms with Crippen LogP contribution < -0.4 is 5.32 Å². The quantitative estimate of drug-likeness (QED) is 0.565. The van der Waals surface area contributed by atoms with Crippen molar-refractivity contribution in [2.75, 3.05) is 5.32 Å². The third-order valence-electron chi connectivity index (χ3n) is 5.18. The Morgan fingerprint density at radius 3 is 2.86 bits per heavy atom. The van der Waals surface area contributed by atoms with Gasteiger partial charge in [0, 0.05) is 34.9 Å². The summed E-state index contributed by atoms with van der Waals surface area (Å²) in [5.74, 6) is 0.319. The van der Waals surface area contributed by atoms with Gasteiger partial charge in [-0.1, -0.05) is 6.07 Å². The molecule has 1 aliphatic carbocycles. The number of benzene rings is 1. The van der Waals surface area contributed by atoms with Crippen molar-refractivity contribution in [3.8, 4) is 0 Å². The molecular formula is C22H21N5O. The third kappa shape index (κ3) is 2.91. The summed E-state index contributed by atoms with van der Waals surface area (Å²) in [6.07, 6.45) is 5.78. The number of pyridine rings is 2. The SMILES string of the molecule is CC(C)n1ncc2c(C(=O)Nc3ccc4ncccc4c3)cc(C3CC3)nc21. The van der Waals surface area contributed by atoms with Crippen LogP contribution in [0.2, 0.25) is 0 Å². The monoisotopic (exact) mass is 371 g/mol. The maximum absolute atomic E-state index is 13.1. The first kappa shape index (κ1) is 16.9. The van der Waals surface area contributed by atoms with E-state index in [0.29, 0.717) is 11.5 Å². The summed E-state index contributed by atoms with van der Waals surface area (Å²) in [4.78, 5) is 22.3. The highest BCUT2D eigenvalue weighted by molar-refractivity contribution is 6.12. The van der Waals surface area contributed by atoms with E-state index in [0.717, 1.165) is 46.2 Å². The molecule has 1 aromatic carbocycles. The molecule has 1 N–H and O–H groups in total.